The maximum absolute atomic E-state index is 14.6. The van der Waals surface area contributed by atoms with Gasteiger partial charge in [0.1, 0.15) is 16.5 Å². The summed E-state index contributed by atoms with van der Waals surface area (Å²) in [6, 6.07) is 8.51. The molecular formula is C21H18Br2F2N2O3S2. The summed E-state index contributed by atoms with van der Waals surface area (Å²) in [6.07, 6.45) is 0.576. The van der Waals surface area contributed by atoms with Crippen LogP contribution in [0.5, 0.6) is 5.75 Å². The van der Waals surface area contributed by atoms with Crippen molar-refractivity contribution in [1.82, 2.24) is 4.98 Å². The average molecular weight is 608 g/mol. The van der Waals surface area contributed by atoms with Gasteiger partial charge in [0.2, 0.25) is 0 Å². The maximum atomic E-state index is 14.6. The summed E-state index contributed by atoms with van der Waals surface area (Å²) in [5.74, 6) is -1.07. The van der Waals surface area contributed by atoms with E-state index >= 15 is 0 Å². The average Bonchev–Trinajstić information content (AvgIpc) is 3.28. The second kappa shape index (κ2) is 9.36. The molecule has 0 amide bonds. The highest BCUT2D eigenvalue weighted by molar-refractivity contribution is 9.11. The third-order valence-electron chi connectivity index (χ3n) is 5.36. The predicted molar refractivity (Wildman–Crippen MR) is 128 cm³/mol. The molecule has 0 radical (unpaired) electrons. The summed E-state index contributed by atoms with van der Waals surface area (Å²) >= 11 is 7.28. The van der Waals surface area contributed by atoms with Crippen molar-refractivity contribution in [3.63, 3.8) is 0 Å². The zero-order valence-electron chi connectivity index (χ0n) is 16.8. The van der Waals surface area contributed by atoms with Crippen LogP contribution in [0.3, 0.4) is 0 Å². The largest absolute Gasteiger partial charge is 0.497 e. The van der Waals surface area contributed by atoms with E-state index in [4.69, 9.17) is 9.72 Å². The molecule has 5 nitrogen and oxygen atoms in total. The molecular weight excluding hydrogens is 590 g/mol. The summed E-state index contributed by atoms with van der Waals surface area (Å²) in [5, 5.41) is 1.93. The van der Waals surface area contributed by atoms with Crippen molar-refractivity contribution in [1.29, 1.82) is 0 Å². The van der Waals surface area contributed by atoms with Gasteiger partial charge in [-0.1, -0.05) is 12.1 Å². The first kappa shape index (κ1) is 23.6. The van der Waals surface area contributed by atoms with Crippen LogP contribution in [-0.2, 0) is 9.84 Å². The molecule has 1 saturated heterocycles. The van der Waals surface area contributed by atoms with Crippen molar-refractivity contribution in [2.75, 3.05) is 25.1 Å². The molecule has 1 aliphatic heterocycles. The van der Waals surface area contributed by atoms with Crippen molar-refractivity contribution < 1.29 is 21.9 Å². The number of halogens is 4. The standard InChI is InChI=1S/C21H18Br2F2N2O3S2/c1-30-13-4-2-3-12(9-13)17-11-31-21(26-17)27-7-5-14(6-8-27)32(28,29)20-18(23)16(24)10-15(22)19(20)25/h2-4,9-11,14H,5-8H2,1H3. The Morgan fingerprint density at radius 1 is 1.19 bits per heavy atom. The molecule has 170 valence electrons. The fourth-order valence-corrected chi connectivity index (χ4v) is 7.91. The summed E-state index contributed by atoms with van der Waals surface area (Å²) in [7, 11) is -2.46. The topological polar surface area (TPSA) is 59.5 Å². The second-order valence-corrected chi connectivity index (χ2v) is 11.9. The molecule has 4 rings (SSSR count). The van der Waals surface area contributed by atoms with E-state index in [1.165, 1.54) is 11.3 Å². The van der Waals surface area contributed by atoms with Gasteiger partial charge < -0.3 is 9.64 Å². The van der Waals surface area contributed by atoms with E-state index in [1.54, 1.807) is 7.11 Å². The van der Waals surface area contributed by atoms with Crippen LogP contribution in [0, 0.1) is 11.6 Å². The fraction of sp³-hybridized carbons (Fsp3) is 0.286. The first-order valence-electron chi connectivity index (χ1n) is 9.64. The van der Waals surface area contributed by atoms with Crippen LogP contribution in [0.25, 0.3) is 11.3 Å². The van der Waals surface area contributed by atoms with E-state index in [0.29, 0.717) is 13.1 Å². The van der Waals surface area contributed by atoms with E-state index in [-0.39, 0.29) is 21.8 Å². The molecule has 1 aromatic heterocycles. The fourth-order valence-electron chi connectivity index (χ4n) is 3.65. The van der Waals surface area contributed by atoms with Crippen LogP contribution in [-0.4, -0.2) is 38.9 Å². The van der Waals surface area contributed by atoms with Crippen LogP contribution in [0.15, 0.2) is 49.6 Å². The lowest BCUT2D eigenvalue weighted by molar-refractivity contribution is 0.415. The number of piperidine rings is 1. The van der Waals surface area contributed by atoms with Crippen molar-refractivity contribution >= 4 is 58.2 Å². The smallest absolute Gasteiger partial charge is 0.185 e. The monoisotopic (exact) mass is 606 g/mol. The number of rotatable bonds is 5. The van der Waals surface area contributed by atoms with Crippen molar-refractivity contribution in [2.24, 2.45) is 0 Å². The number of aromatic nitrogens is 1. The molecule has 0 bridgehead atoms. The summed E-state index contributed by atoms with van der Waals surface area (Å²) in [4.78, 5) is 6.09. The summed E-state index contributed by atoms with van der Waals surface area (Å²) < 4.78 is 59.6. The minimum atomic E-state index is -4.07. The number of sulfone groups is 1. The molecule has 0 atom stereocenters. The Kier molecular flexibility index (Phi) is 6.90. The number of ether oxygens (including phenoxy) is 1. The number of methoxy groups -OCH3 is 1. The van der Waals surface area contributed by atoms with Crippen LogP contribution < -0.4 is 9.64 Å². The second-order valence-electron chi connectivity index (χ2n) is 7.28. The third kappa shape index (κ3) is 4.44. The van der Waals surface area contributed by atoms with Gasteiger partial charge in [-0.2, -0.15) is 0 Å². The lowest BCUT2D eigenvalue weighted by atomic mass is 10.1. The zero-order valence-corrected chi connectivity index (χ0v) is 21.6. The van der Waals surface area contributed by atoms with E-state index < -0.39 is 31.6 Å². The number of hydrogen-bond donors (Lipinski definition) is 0. The summed E-state index contributed by atoms with van der Waals surface area (Å²) in [5.41, 5.74) is 1.75. The van der Waals surface area contributed by atoms with Crippen LogP contribution in [0.4, 0.5) is 13.9 Å². The van der Waals surface area contributed by atoms with Gasteiger partial charge in [0.25, 0.3) is 0 Å². The Labute approximate surface area is 205 Å². The van der Waals surface area contributed by atoms with Gasteiger partial charge in [0.15, 0.2) is 20.8 Å². The van der Waals surface area contributed by atoms with Gasteiger partial charge in [-0.05, 0) is 62.9 Å². The molecule has 0 spiro atoms. The van der Waals surface area contributed by atoms with Gasteiger partial charge in [0, 0.05) is 24.0 Å². The van der Waals surface area contributed by atoms with Gasteiger partial charge in [0.05, 0.1) is 27.0 Å². The highest BCUT2D eigenvalue weighted by Gasteiger charge is 2.37. The number of hydrogen-bond acceptors (Lipinski definition) is 6. The Balaban J connectivity index is 1.51. The normalized spacial score (nSPS) is 15.2. The Bertz CT molecular complexity index is 1230. The molecule has 2 aromatic carbocycles. The lowest BCUT2D eigenvalue weighted by Crippen LogP contribution is -2.39. The van der Waals surface area contributed by atoms with Crippen LogP contribution in [0.1, 0.15) is 12.8 Å². The highest BCUT2D eigenvalue weighted by Crippen LogP contribution is 2.38. The van der Waals surface area contributed by atoms with E-state index in [1.807, 2.05) is 34.5 Å². The van der Waals surface area contributed by atoms with Gasteiger partial charge in [-0.3, -0.25) is 0 Å². The van der Waals surface area contributed by atoms with Crippen LogP contribution in [0.2, 0.25) is 0 Å². The first-order chi connectivity index (χ1) is 15.2. The molecule has 32 heavy (non-hydrogen) atoms. The van der Waals surface area contributed by atoms with Crippen LogP contribution >= 0.6 is 43.2 Å². The van der Waals surface area contributed by atoms with Crippen molar-refractivity contribution in [2.45, 2.75) is 23.0 Å². The molecule has 0 N–H and O–H groups in total. The van der Waals surface area contributed by atoms with Gasteiger partial charge >= 0.3 is 0 Å². The maximum Gasteiger partial charge on any atom is 0.185 e. The molecule has 0 aliphatic carbocycles. The minimum Gasteiger partial charge on any atom is -0.497 e. The van der Waals surface area contributed by atoms with Gasteiger partial charge in [-0.25, -0.2) is 22.2 Å². The number of anilines is 1. The first-order valence-corrected chi connectivity index (χ1v) is 13.7. The Hall–Kier alpha value is -1.56. The molecule has 1 aliphatic rings. The molecule has 0 saturated carbocycles. The van der Waals surface area contributed by atoms with E-state index in [2.05, 4.69) is 31.9 Å². The third-order valence-corrected chi connectivity index (χ3v) is 10.2. The molecule has 2 heterocycles. The predicted octanol–water partition coefficient (Wildman–Crippen LogP) is 6.06. The number of nitrogens with zero attached hydrogens (tertiary/aromatic N) is 2. The number of thiazole rings is 1. The lowest BCUT2D eigenvalue weighted by Gasteiger charge is -2.31. The Morgan fingerprint density at radius 2 is 1.91 bits per heavy atom. The van der Waals surface area contributed by atoms with E-state index in [0.717, 1.165) is 28.2 Å². The molecule has 3 aromatic rings. The van der Waals surface area contributed by atoms with Crippen molar-refractivity contribution in [3.8, 4) is 17.0 Å². The number of benzene rings is 2. The molecule has 11 heteroatoms. The van der Waals surface area contributed by atoms with Crippen molar-refractivity contribution in [3.05, 3.63) is 56.3 Å². The molecule has 0 unspecified atom stereocenters. The quantitative estimate of drug-likeness (QED) is 0.330. The highest BCUT2D eigenvalue weighted by atomic mass is 79.9. The van der Waals surface area contributed by atoms with Gasteiger partial charge in [-0.15, -0.1) is 11.3 Å². The minimum absolute atomic E-state index is 0.220. The molecule has 1 fully saturated rings. The Morgan fingerprint density at radius 3 is 2.59 bits per heavy atom. The van der Waals surface area contributed by atoms with E-state index in [9.17, 15) is 17.2 Å². The summed E-state index contributed by atoms with van der Waals surface area (Å²) in [6.45, 7) is 0.898. The zero-order chi connectivity index (χ0) is 23.0. The SMILES string of the molecule is COc1cccc(-c2csc(N3CCC(S(=O)(=O)c4c(F)c(Br)cc(F)c4Br)CC3)n2)c1.